The summed E-state index contributed by atoms with van der Waals surface area (Å²) in [5.74, 6) is -0.0275. The van der Waals surface area contributed by atoms with E-state index in [-0.39, 0.29) is 12.5 Å². The minimum atomic E-state index is -0.0389. The van der Waals surface area contributed by atoms with Gasteiger partial charge < -0.3 is 10.4 Å². The number of aliphatic hydroxyl groups is 1. The van der Waals surface area contributed by atoms with Crippen LogP contribution in [0.5, 0.6) is 0 Å². The van der Waals surface area contributed by atoms with Crippen molar-refractivity contribution in [1.82, 2.24) is 5.32 Å². The molecular weight excluding hydrogens is 130 g/mol. The van der Waals surface area contributed by atoms with Crippen LogP contribution in [0.15, 0.2) is 11.6 Å². The maximum atomic E-state index is 10.9. The Hall–Kier alpha value is -0.830. The lowest BCUT2D eigenvalue weighted by Crippen LogP contribution is -2.30. The minimum Gasteiger partial charge on any atom is -0.392 e. The van der Waals surface area contributed by atoms with Gasteiger partial charge in [-0.2, -0.15) is 0 Å². The van der Waals surface area contributed by atoms with Gasteiger partial charge in [-0.1, -0.05) is 6.08 Å². The van der Waals surface area contributed by atoms with Crippen LogP contribution in [0.25, 0.3) is 0 Å². The van der Waals surface area contributed by atoms with Gasteiger partial charge >= 0.3 is 0 Å². The molecule has 1 amide bonds. The average molecular weight is 141 g/mol. The smallest absolute Gasteiger partial charge is 0.246 e. The molecule has 0 spiro atoms. The Labute approximate surface area is 59.7 Å². The van der Waals surface area contributed by atoms with Gasteiger partial charge in [-0.25, -0.2) is 0 Å². The molecule has 0 aromatic rings. The molecule has 2 N–H and O–H groups in total. The van der Waals surface area contributed by atoms with Gasteiger partial charge in [0.25, 0.3) is 0 Å². The Kier molecular flexibility index (Phi) is 2.45. The van der Waals surface area contributed by atoms with Gasteiger partial charge in [0.05, 0.1) is 6.61 Å². The lowest BCUT2D eigenvalue weighted by atomic mass is 10.1. The molecule has 1 aliphatic rings. The first kappa shape index (κ1) is 7.28. The molecule has 0 atom stereocenters. The number of carbonyl (C=O) groups is 1. The first-order valence-corrected chi connectivity index (χ1v) is 3.42. The summed E-state index contributed by atoms with van der Waals surface area (Å²) in [6, 6.07) is 0. The van der Waals surface area contributed by atoms with E-state index in [0.29, 0.717) is 5.57 Å². The largest absolute Gasteiger partial charge is 0.392 e. The molecule has 1 rings (SSSR count). The summed E-state index contributed by atoms with van der Waals surface area (Å²) in [5.41, 5.74) is 0.716. The van der Waals surface area contributed by atoms with E-state index in [4.69, 9.17) is 5.11 Å². The third-order valence-electron chi connectivity index (χ3n) is 1.54. The summed E-state index contributed by atoms with van der Waals surface area (Å²) < 4.78 is 0. The van der Waals surface area contributed by atoms with Crippen LogP contribution >= 0.6 is 0 Å². The van der Waals surface area contributed by atoms with Gasteiger partial charge in [0.15, 0.2) is 0 Å². The summed E-state index contributed by atoms with van der Waals surface area (Å²) in [7, 11) is 0. The van der Waals surface area contributed by atoms with Crippen LogP contribution in [0.4, 0.5) is 0 Å². The van der Waals surface area contributed by atoms with Gasteiger partial charge in [-0.15, -0.1) is 0 Å². The van der Waals surface area contributed by atoms with Gasteiger partial charge in [0.1, 0.15) is 0 Å². The molecular formula is C7H11NO2. The van der Waals surface area contributed by atoms with E-state index in [1.807, 2.05) is 0 Å². The van der Waals surface area contributed by atoms with Crippen molar-refractivity contribution in [2.45, 2.75) is 12.8 Å². The summed E-state index contributed by atoms with van der Waals surface area (Å²) in [5, 5.41) is 11.2. The van der Waals surface area contributed by atoms with Crippen molar-refractivity contribution in [3.63, 3.8) is 0 Å². The van der Waals surface area contributed by atoms with E-state index in [0.717, 1.165) is 19.4 Å². The van der Waals surface area contributed by atoms with E-state index in [1.165, 1.54) is 0 Å². The molecule has 1 heterocycles. The first-order chi connectivity index (χ1) is 4.84. The monoisotopic (exact) mass is 141 g/mol. The van der Waals surface area contributed by atoms with Gasteiger partial charge in [-0.05, 0) is 12.8 Å². The Morgan fingerprint density at radius 3 is 3.10 bits per heavy atom. The van der Waals surface area contributed by atoms with E-state index < -0.39 is 0 Å². The molecule has 0 radical (unpaired) electrons. The Morgan fingerprint density at radius 1 is 1.70 bits per heavy atom. The van der Waals surface area contributed by atoms with Crippen LogP contribution in [0.2, 0.25) is 0 Å². The summed E-state index contributed by atoms with van der Waals surface area (Å²) in [6.45, 7) is 0.727. The van der Waals surface area contributed by atoms with E-state index >= 15 is 0 Å². The van der Waals surface area contributed by atoms with Crippen LogP contribution < -0.4 is 5.32 Å². The highest BCUT2D eigenvalue weighted by atomic mass is 16.2. The lowest BCUT2D eigenvalue weighted by molar-refractivity contribution is -0.118. The van der Waals surface area contributed by atoms with Crippen molar-refractivity contribution in [2.24, 2.45) is 0 Å². The number of rotatable bonds is 1. The Morgan fingerprint density at radius 2 is 2.50 bits per heavy atom. The highest BCUT2D eigenvalue weighted by molar-refractivity contribution is 5.93. The minimum absolute atomic E-state index is 0.0275. The number of aliphatic hydroxyl groups excluding tert-OH is 1. The standard InChI is InChI=1S/C7H11NO2/c9-5-3-6-2-1-4-8-7(6)10/h3,9H,1-2,4-5H2,(H,8,10). The van der Waals surface area contributed by atoms with Gasteiger partial charge in [-0.3, -0.25) is 4.79 Å². The molecule has 1 saturated heterocycles. The number of amides is 1. The number of nitrogens with one attached hydrogen (secondary N) is 1. The number of hydrogen-bond donors (Lipinski definition) is 2. The number of carbonyl (C=O) groups excluding carboxylic acids is 1. The molecule has 1 fully saturated rings. The molecule has 0 bridgehead atoms. The van der Waals surface area contributed by atoms with E-state index in [2.05, 4.69) is 5.32 Å². The van der Waals surface area contributed by atoms with Crippen LogP contribution in [-0.4, -0.2) is 24.2 Å². The summed E-state index contributed by atoms with van der Waals surface area (Å²) >= 11 is 0. The molecule has 1 aliphatic heterocycles. The van der Waals surface area contributed by atoms with Crippen molar-refractivity contribution in [1.29, 1.82) is 0 Å². The normalized spacial score (nSPS) is 22.9. The zero-order chi connectivity index (χ0) is 7.40. The predicted molar refractivity (Wildman–Crippen MR) is 37.4 cm³/mol. The highest BCUT2D eigenvalue weighted by Gasteiger charge is 2.12. The third-order valence-corrected chi connectivity index (χ3v) is 1.54. The molecule has 0 unspecified atom stereocenters. The van der Waals surface area contributed by atoms with Gasteiger partial charge in [0, 0.05) is 12.1 Å². The zero-order valence-electron chi connectivity index (χ0n) is 5.76. The Balaban J connectivity index is 2.56. The maximum absolute atomic E-state index is 10.9. The van der Waals surface area contributed by atoms with Crippen LogP contribution in [-0.2, 0) is 4.79 Å². The SMILES string of the molecule is O=C1NCCCC1=CCO. The van der Waals surface area contributed by atoms with Crippen LogP contribution in [0.3, 0.4) is 0 Å². The summed E-state index contributed by atoms with van der Waals surface area (Å²) in [4.78, 5) is 10.9. The van der Waals surface area contributed by atoms with Gasteiger partial charge in [0.2, 0.25) is 5.91 Å². The van der Waals surface area contributed by atoms with Crippen molar-refractivity contribution in [3.8, 4) is 0 Å². The summed E-state index contributed by atoms with van der Waals surface area (Å²) in [6.07, 6.45) is 3.35. The average Bonchev–Trinajstić information content (AvgIpc) is 1.94. The second-order valence-corrected chi connectivity index (χ2v) is 2.27. The van der Waals surface area contributed by atoms with Crippen molar-refractivity contribution >= 4 is 5.91 Å². The van der Waals surface area contributed by atoms with Crippen LogP contribution in [0.1, 0.15) is 12.8 Å². The highest BCUT2D eigenvalue weighted by Crippen LogP contribution is 2.08. The van der Waals surface area contributed by atoms with Crippen molar-refractivity contribution in [3.05, 3.63) is 11.6 Å². The molecule has 3 heteroatoms. The number of hydrogen-bond acceptors (Lipinski definition) is 2. The molecule has 0 aliphatic carbocycles. The molecule has 0 aromatic heterocycles. The first-order valence-electron chi connectivity index (χ1n) is 3.42. The molecule has 0 aromatic carbocycles. The fraction of sp³-hybridized carbons (Fsp3) is 0.571. The second kappa shape index (κ2) is 3.37. The molecule has 56 valence electrons. The maximum Gasteiger partial charge on any atom is 0.246 e. The quantitative estimate of drug-likeness (QED) is 0.497. The lowest BCUT2D eigenvalue weighted by Gasteiger charge is -2.13. The van der Waals surface area contributed by atoms with Crippen molar-refractivity contribution in [2.75, 3.05) is 13.2 Å². The van der Waals surface area contributed by atoms with E-state index in [9.17, 15) is 4.79 Å². The third kappa shape index (κ3) is 1.57. The zero-order valence-corrected chi connectivity index (χ0v) is 5.76. The fourth-order valence-corrected chi connectivity index (χ4v) is 1.01. The van der Waals surface area contributed by atoms with Crippen molar-refractivity contribution < 1.29 is 9.90 Å². The molecule has 10 heavy (non-hydrogen) atoms. The topological polar surface area (TPSA) is 49.3 Å². The Bertz CT molecular complexity index is 163. The fourth-order valence-electron chi connectivity index (χ4n) is 1.01. The van der Waals surface area contributed by atoms with Crippen LogP contribution in [0, 0.1) is 0 Å². The second-order valence-electron chi connectivity index (χ2n) is 2.27. The van der Waals surface area contributed by atoms with E-state index in [1.54, 1.807) is 6.08 Å². The number of piperidine rings is 1. The molecule has 0 saturated carbocycles. The molecule has 3 nitrogen and oxygen atoms in total. The predicted octanol–water partition coefficient (Wildman–Crippen LogP) is -0.185.